The van der Waals surface area contributed by atoms with Gasteiger partial charge >= 0.3 is 0 Å². The van der Waals surface area contributed by atoms with Crippen molar-refractivity contribution in [2.24, 2.45) is 11.8 Å². The lowest BCUT2D eigenvalue weighted by Crippen LogP contribution is -2.36. The summed E-state index contributed by atoms with van der Waals surface area (Å²) in [6.45, 7) is 8.31. The van der Waals surface area contributed by atoms with E-state index in [2.05, 4.69) is 18.7 Å². The fourth-order valence-corrected chi connectivity index (χ4v) is 1.95. The number of hydrogen-bond donors (Lipinski definition) is 1. The Morgan fingerprint density at radius 1 is 1.15 bits per heavy atom. The molecule has 13 heavy (non-hydrogen) atoms. The van der Waals surface area contributed by atoms with E-state index in [1.54, 1.807) is 0 Å². The number of piperidine rings is 1. The van der Waals surface area contributed by atoms with Gasteiger partial charge in [-0.15, -0.1) is 0 Å². The summed E-state index contributed by atoms with van der Waals surface area (Å²) in [6, 6.07) is 0. The Balaban J connectivity index is 2.27. The zero-order valence-electron chi connectivity index (χ0n) is 9.00. The summed E-state index contributed by atoms with van der Waals surface area (Å²) < 4.78 is 0. The number of nitrogens with zero attached hydrogens (tertiary/aromatic N) is 1. The quantitative estimate of drug-likeness (QED) is 0.721. The summed E-state index contributed by atoms with van der Waals surface area (Å²) in [5.74, 6) is 1.07. The molecular weight excluding hydrogens is 162 g/mol. The Labute approximate surface area is 81.9 Å². The fourth-order valence-electron chi connectivity index (χ4n) is 1.95. The topological polar surface area (TPSA) is 23.5 Å². The molecule has 1 unspecified atom stereocenters. The second-order valence-electron chi connectivity index (χ2n) is 4.55. The average molecular weight is 185 g/mol. The van der Waals surface area contributed by atoms with Crippen LogP contribution in [0.5, 0.6) is 0 Å². The molecule has 1 saturated heterocycles. The second-order valence-corrected chi connectivity index (χ2v) is 4.55. The van der Waals surface area contributed by atoms with Crippen LogP contribution in [0.1, 0.15) is 33.1 Å². The van der Waals surface area contributed by atoms with Gasteiger partial charge in [-0.3, -0.25) is 0 Å². The highest BCUT2D eigenvalue weighted by Crippen LogP contribution is 2.15. The van der Waals surface area contributed by atoms with Crippen LogP contribution in [-0.4, -0.2) is 36.2 Å². The molecule has 0 radical (unpaired) electrons. The molecule has 2 heteroatoms. The Kier molecular flexibility index (Phi) is 4.74. The molecule has 0 saturated carbocycles. The van der Waals surface area contributed by atoms with E-state index in [1.165, 1.54) is 32.4 Å². The number of likely N-dealkylation sites (tertiary alicyclic amines) is 1. The van der Waals surface area contributed by atoms with Crippen molar-refractivity contribution in [1.29, 1.82) is 0 Å². The van der Waals surface area contributed by atoms with Gasteiger partial charge in [0.15, 0.2) is 0 Å². The highest BCUT2D eigenvalue weighted by atomic mass is 16.3. The fraction of sp³-hybridized carbons (Fsp3) is 1.00. The molecule has 1 aliphatic rings. The van der Waals surface area contributed by atoms with Crippen LogP contribution >= 0.6 is 0 Å². The molecule has 1 N–H and O–H groups in total. The van der Waals surface area contributed by atoms with Crippen LogP contribution < -0.4 is 0 Å². The first kappa shape index (κ1) is 11.0. The third-order valence-electron chi connectivity index (χ3n) is 3.12. The normalized spacial score (nSPS) is 22.2. The first-order chi connectivity index (χ1) is 6.24. The van der Waals surface area contributed by atoms with Gasteiger partial charge < -0.3 is 10.0 Å². The second kappa shape index (κ2) is 5.61. The summed E-state index contributed by atoms with van der Waals surface area (Å²) in [6.07, 6.45) is 4.08. The number of aliphatic hydroxyl groups excluding tert-OH is 1. The molecule has 0 amide bonds. The maximum atomic E-state index is 9.20. The average Bonchev–Trinajstić information content (AvgIpc) is 2.15. The summed E-state index contributed by atoms with van der Waals surface area (Å²) in [5.41, 5.74) is 0. The van der Waals surface area contributed by atoms with E-state index in [9.17, 15) is 5.11 Å². The first-order valence-corrected chi connectivity index (χ1v) is 5.57. The van der Waals surface area contributed by atoms with Crippen molar-refractivity contribution in [3.05, 3.63) is 0 Å². The Morgan fingerprint density at radius 3 is 2.23 bits per heavy atom. The van der Waals surface area contributed by atoms with Crippen LogP contribution in [0.15, 0.2) is 0 Å². The minimum Gasteiger partial charge on any atom is -0.396 e. The summed E-state index contributed by atoms with van der Waals surface area (Å²) in [7, 11) is 0. The van der Waals surface area contributed by atoms with E-state index < -0.39 is 0 Å². The van der Waals surface area contributed by atoms with Gasteiger partial charge in [-0.2, -0.15) is 0 Å². The molecule has 0 bridgehead atoms. The Morgan fingerprint density at radius 2 is 1.77 bits per heavy atom. The van der Waals surface area contributed by atoms with E-state index in [0.717, 1.165) is 6.54 Å². The largest absolute Gasteiger partial charge is 0.396 e. The van der Waals surface area contributed by atoms with Gasteiger partial charge in [0.05, 0.1) is 0 Å². The molecule has 0 aromatic heterocycles. The molecule has 2 nitrogen and oxygen atoms in total. The summed E-state index contributed by atoms with van der Waals surface area (Å²) >= 11 is 0. The minimum atomic E-state index is 0.341. The van der Waals surface area contributed by atoms with Gasteiger partial charge in [0.25, 0.3) is 0 Å². The molecule has 1 fully saturated rings. The lowest BCUT2D eigenvalue weighted by atomic mass is 9.95. The van der Waals surface area contributed by atoms with E-state index >= 15 is 0 Å². The molecule has 1 rings (SSSR count). The zero-order valence-corrected chi connectivity index (χ0v) is 9.00. The molecule has 0 spiro atoms. The minimum absolute atomic E-state index is 0.341. The van der Waals surface area contributed by atoms with E-state index in [-0.39, 0.29) is 0 Å². The third-order valence-corrected chi connectivity index (χ3v) is 3.12. The van der Waals surface area contributed by atoms with Crippen LogP contribution in [0.25, 0.3) is 0 Å². The first-order valence-electron chi connectivity index (χ1n) is 5.57. The maximum Gasteiger partial charge on any atom is 0.0473 e. The van der Waals surface area contributed by atoms with Gasteiger partial charge in [-0.1, -0.05) is 20.3 Å². The van der Waals surface area contributed by atoms with Crippen LogP contribution in [0.4, 0.5) is 0 Å². The van der Waals surface area contributed by atoms with Gasteiger partial charge in [-0.25, -0.2) is 0 Å². The number of hydrogen-bond acceptors (Lipinski definition) is 2. The number of rotatable bonds is 4. The lowest BCUT2D eigenvalue weighted by Gasteiger charge is -2.31. The van der Waals surface area contributed by atoms with Crippen molar-refractivity contribution in [2.45, 2.75) is 33.1 Å². The predicted molar refractivity (Wildman–Crippen MR) is 55.7 cm³/mol. The van der Waals surface area contributed by atoms with Gasteiger partial charge in [0.2, 0.25) is 0 Å². The van der Waals surface area contributed by atoms with Crippen molar-refractivity contribution < 1.29 is 5.11 Å². The van der Waals surface area contributed by atoms with Crippen LogP contribution in [0.3, 0.4) is 0 Å². The molecular formula is C11H23NO. The van der Waals surface area contributed by atoms with Crippen LogP contribution in [-0.2, 0) is 0 Å². The zero-order chi connectivity index (χ0) is 9.68. The predicted octanol–water partition coefficient (Wildman–Crippen LogP) is 1.74. The smallest absolute Gasteiger partial charge is 0.0473 e. The van der Waals surface area contributed by atoms with Crippen molar-refractivity contribution in [3.63, 3.8) is 0 Å². The molecule has 0 aromatic rings. The molecule has 0 aliphatic carbocycles. The van der Waals surface area contributed by atoms with Gasteiger partial charge in [0, 0.05) is 13.2 Å². The van der Waals surface area contributed by atoms with E-state index in [1.807, 2.05) is 0 Å². The molecule has 78 valence electrons. The van der Waals surface area contributed by atoms with Crippen molar-refractivity contribution in [3.8, 4) is 0 Å². The Hall–Kier alpha value is -0.0800. The van der Waals surface area contributed by atoms with Gasteiger partial charge in [0.1, 0.15) is 0 Å². The van der Waals surface area contributed by atoms with Crippen molar-refractivity contribution >= 4 is 0 Å². The summed E-state index contributed by atoms with van der Waals surface area (Å²) in [4.78, 5) is 2.50. The molecule has 1 atom stereocenters. The van der Waals surface area contributed by atoms with Gasteiger partial charge in [-0.05, 0) is 37.8 Å². The number of aliphatic hydroxyl groups is 1. The maximum absolute atomic E-state index is 9.20. The standard InChI is InChI=1S/C11H23NO/c1-10(2)11(9-13)8-12-6-4-3-5-7-12/h10-11,13H,3-9H2,1-2H3. The summed E-state index contributed by atoms with van der Waals surface area (Å²) in [5, 5.41) is 9.20. The SMILES string of the molecule is CC(C)C(CO)CN1CCCCC1. The van der Waals surface area contributed by atoms with E-state index in [0.29, 0.717) is 18.4 Å². The monoisotopic (exact) mass is 185 g/mol. The molecule has 0 aromatic carbocycles. The van der Waals surface area contributed by atoms with E-state index in [4.69, 9.17) is 0 Å². The molecule has 1 heterocycles. The van der Waals surface area contributed by atoms with Crippen LogP contribution in [0.2, 0.25) is 0 Å². The highest BCUT2D eigenvalue weighted by molar-refractivity contribution is 4.71. The van der Waals surface area contributed by atoms with Crippen LogP contribution in [0, 0.1) is 11.8 Å². The Bertz CT molecular complexity index is 130. The van der Waals surface area contributed by atoms with Crippen molar-refractivity contribution in [2.75, 3.05) is 26.2 Å². The highest BCUT2D eigenvalue weighted by Gasteiger charge is 2.18. The lowest BCUT2D eigenvalue weighted by molar-refractivity contribution is 0.120. The van der Waals surface area contributed by atoms with Crippen molar-refractivity contribution in [1.82, 2.24) is 4.90 Å². The third kappa shape index (κ3) is 3.65. The molecule has 1 aliphatic heterocycles.